The summed E-state index contributed by atoms with van der Waals surface area (Å²) < 4.78 is 22.1. The van der Waals surface area contributed by atoms with Crippen molar-refractivity contribution in [2.45, 2.75) is 0 Å². The molecule has 14 heteroatoms. The highest BCUT2D eigenvalue weighted by molar-refractivity contribution is 5.83. The summed E-state index contributed by atoms with van der Waals surface area (Å²) in [6.07, 6.45) is 11.0. The van der Waals surface area contributed by atoms with E-state index < -0.39 is 21.7 Å². The number of hydrogen-bond donors (Lipinski definition) is 6. The molecule has 2 atom stereocenters. The van der Waals surface area contributed by atoms with Crippen LogP contribution in [0.5, 0.6) is 23.0 Å². The highest BCUT2D eigenvalue weighted by Crippen LogP contribution is 2.41. The Kier molecular flexibility index (Phi) is 7.20. The van der Waals surface area contributed by atoms with Gasteiger partial charge in [0.05, 0.1) is 22.3 Å². The summed E-state index contributed by atoms with van der Waals surface area (Å²) in [7, 11) is 0. The minimum atomic E-state index is -1.32. The predicted molar refractivity (Wildman–Crippen MR) is 151 cm³/mol. The van der Waals surface area contributed by atoms with Gasteiger partial charge in [-0.1, -0.05) is 0 Å². The lowest BCUT2D eigenvalue weighted by molar-refractivity contribution is -0.991. The molecule has 0 saturated heterocycles. The molecule has 14 nitrogen and oxygen atoms in total. The van der Waals surface area contributed by atoms with Crippen molar-refractivity contribution in [1.29, 1.82) is 0 Å². The molecular formula is C30H20N2O12. The van der Waals surface area contributed by atoms with Gasteiger partial charge in [-0.05, 0) is 60.7 Å². The molecule has 6 rings (SSSR count). The van der Waals surface area contributed by atoms with Crippen molar-refractivity contribution in [3.05, 3.63) is 127 Å². The maximum absolute atomic E-state index is 12.4. The number of rotatable bonds is 5. The Morgan fingerprint density at radius 2 is 1.02 bits per heavy atom. The van der Waals surface area contributed by atoms with Crippen molar-refractivity contribution in [3.63, 3.8) is 0 Å². The number of allylic oxidation sites excluding steroid dienone is 4. The van der Waals surface area contributed by atoms with Gasteiger partial charge in [-0.25, -0.2) is 20.0 Å². The first-order valence-electron chi connectivity index (χ1n) is 12.7. The molecule has 2 aromatic carbocycles. The van der Waals surface area contributed by atoms with Gasteiger partial charge < -0.3 is 38.9 Å². The molecule has 2 unspecified atom stereocenters. The third-order valence-electron chi connectivity index (χ3n) is 6.71. The molecule has 0 saturated carbocycles. The highest BCUT2D eigenvalue weighted by atomic mass is 16.8. The van der Waals surface area contributed by atoms with Crippen LogP contribution in [-0.4, -0.2) is 20.6 Å². The van der Waals surface area contributed by atoms with Crippen LogP contribution in [0.3, 0.4) is 0 Å². The first kappa shape index (κ1) is 28.4. The molecule has 0 radical (unpaired) electrons. The Morgan fingerprint density at radius 1 is 0.614 bits per heavy atom. The smallest absolute Gasteiger partial charge is 0.346 e. The summed E-state index contributed by atoms with van der Waals surface area (Å²) in [6.45, 7) is 0. The summed E-state index contributed by atoms with van der Waals surface area (Å²) in [5.41, 5.74) is -1.26. The van der Waals surface area contributed by atoms with Gasteiger partial charge in [0.25, 0.3) is 0 Å². The third-order valence-corrected chi connectivity index (χ3v) is 6.71. The molecule has 2 aliphatic rings. The molecular weight excluding hydrogens is 580 g/mol. The summed E-state index contributed by atoms with van der Waals surface area (Å²) in [5.74, 6) is -0.0401. The van der Waals surface area contributed by atoms with E-state index in [1.807, 2.05) is 0 Å². The molecule has 44 heavy (non-hydrogen) atoms. The van der Waals surface area contributed by atoms with Crippen LogP contribution in [0, 0.1) is 10.4 Å². The van der Waals surface area contributed by atoms with Crippen LogP contribution in [0.1, 0.15) is 11.1 Å². The van der Waals surface area contributed by atoms with Gasteiger partial charge in [-0.2, -0.15) is 10.5 Å². The maximum atomic E-state index is 12.4. The number of phenolic OH excluding ortho intramolecular Hbond substituents is 2. The van der Waals surface area contributed by atoms with E-state index in [9.17, 15) is 40.6 Å². The lowest BCUT2D eigenvalue weighted by atomic mass is 10.0. The Balaban J connectivity index is 1.37. The maximum Gasteiger partial charge on any atom is 0.346 e. The van der Waals surface area contributed by atoms with Crippen molar-refractivity contribution < 1.29 is 49.4 Å². The number of benzene rings is 2. The topological polar surface area (TPSA) is 215 Å². The fourth-order valence-corrected chi connectivity index (χ4v) is 4.68. The molecule has 0 aliphatic carbocycles. The van der Waals surface area contributed by atoms with Crippen molar-refractivity contribution in [2.75, 3.05) is 0 Å². The first-order valence-corrected chi connectivity index (χ1v) is 12.7. The molecule has 222 valence electrons. The van der Waals surface area contributed by atoms with Crippen LogP contribution in [0.15, 0.2) is 103 Å². The molecule has 4 aromatic rings. The third kappa shape index (κ3) is 5.18. The number of ether oxygens (including phenoxy) is 2. The Labute approximate surface area is 245 Å². The monoisotopic (exact) mass is 600 g/mol. The van der Waals surface area contributed by atoms with Gasteiger partial charge in [-0.15, -0.1) is 0 Å². The van der Waals surface area contributed by atoms with E-state index in [-0.39, 0.29) is 79.3 Å². The zero-order chi connectivity index (χ0) is 31.1. The summed E-state index contributed by atoms with van der Waals surface area (Å²) >= 11 is 0. The van der Waals surface area contributed by atoms with Gasteiger partial charge in [0, 0.05) is 12.1 Å². The molecule has 0 bridgehead atoms. The van der Waals surface area contributed by atoms with E-state index in [2.05, 4.69) is 0 Å². The van der Waals surface area contributed by atoms with E-state index in [0.29, 0.717) is 0 Å². The van der Waals surface area contributed by atoms with Crippen molar-refractivity contribution in [2.24, 2.45) is 0 Å². The van der Waals surface area contributed by atoms with Crippen LogP contribution < -0.4 is 31.2 Å². The predicted octanol–water partition coefficient (Wildman–Crippen LogP) is 2.42. The second-order valence-corrected chi connectivity index (χ2v) is 9.44. The normalized spacial score (nSPS) is 16.6. The molecule has 0 spiro atoms. The van der Waals surface area contributed by atoms with E-state index in [0.717, 1.165) is 24.7 Å². The van der Waals surface area contributed by atoms with Gasteiger partial charge in [-0.3, -0.25) is 0 Å². The fourth-order valence-electron chi connectivity index (χ4n) is 4.68. The lowest BCUT2D eigenvalue weighted by Gasteiger charge is -2.20. The number of quaternary nitrogens is 2. The Bertz CT molecular complexity index is 1900. The van der Waals surface area contributed by atoms with E-state index in [4.69, 9.17) is 18.3 Å². The number of hydrogen-bond acceptors (Lipinski definition) is 12. The quantitative estimate of drug-likeness (QED) is 0.182. The largest absolute Gasteiger partial charge is 0.595 e. The molecule has 2 aromatic heterocycles. The first-order chi connectivity index (χ1) is 21.1. The highest BCUT2D eigenvalue weighted by Gasteiger charge is 2.26. The summed E-state index contributed by atoms with van der Waals surface area (Å²) in [4.78, 5) is 24.8. The Hall–Kier alpha value is -5.74. The second-order valence-electron chi connectivity index (χ2n) is 9.44. The second kappa shape index (κ2) is 11.2. The molecule has 0 fully saturated rings. The average Bonchev–Trinajstić information content (AvgIpc) is 3.00. The van der Waals surface area contributed by atoms with Crippen LogP contribution >= 0.6 is 0 Å². The van der Waals surface area contributed by atoms with Gasteiger partial charge >= 0.3 is 11.3 Å². The van der Waals surface area contributed by atoms with Gasteiger partial charge in [0.1, 0.15) is 46.7 Å². The van der Waals surface area contributed by atoms with E-state index in [1.54, 1.807) is 0 Å². The summed E-state index contributed by atoms with van der Waals surface area (Å²) in [5, 5.41) is 60.0. The van der Waals surface area contributed by atoms with Crippen LogP contribution in [0.4, 0.5) is 11.4 Å². The molecule has 0 amide bonds. The zero-order valence-corrected chi connectivity index (χ0v) is 22.1. The molecule has 4 heterocycles. The average molecular weight is 600 g/mol. The van der Waals surface area contributed by atoms with Crippen LogP contribution in [-0.2, 0) is 0 Å². The fraction of sp³-hybridized carbons (Fsp3) is 0. The number of nitrogens with one attached hydrogen (secondary N) is 2. The van der Waals surface area contributed by atoms with Crippen LogP contribution in [0.2, 0.25) is 0 Å². The van der Waals surface area contributed by atoms with E-state index >= 15 is 0 Å². The van der Waals surface area contributed by atoms with Crippen molar-refractivity contribution in [3.8, 4) is 45.3 Å². The standard InChI is InChI=1S/C30H20N2O12/c33-15-1-7-19(25(11-15)31(37)38)23-13-41-29(35)21-9-5-17(43-27(21)23)3-4-18-6-10-22-28(44-18)24(14-42-30(22)36)20-8-2-16(34)12-26(20)32(39)40/h1-14,31-34,37,39H. The van der Waals surface area contributed by atoms with E-state index in [1.165, 1.54) is 60.7 Å². The molecule has 6 N–H and O–H groups in total. The lowest BCUT2D eigenvalue weighted by Crippen LogP contribution is -2.99. The number of fused-ring (bicyclic) bond motifs is 2. The van der Waals surface area contributed by atoms with Gasteiger partial charge in [0.15, 0.2) is 22.9 Å². The Morgan fingerprint density at radius 3 is 1.41 bits per heavy atom. The minimum absolute atomic E-state index is 0.0282. The number of aromatic hydroxyl groups is 2. The van der Waals surface area contributed by atoms with Crippen molar-refractivity contribution in [1.82, 2.24) is 0 Å². The minimum Gasteiger partial charge on any atom is -0.595 e. The molecule has 2 aliphatic heterocycles. The number of phenols is 2. The van der Waals surface area contributed by atoms with Gasteiger partial charge in [0.2, 0.25) is 0 Å². The summed E-state index contributed by atoms with van der Waals surface area (Å²) in [6, 6.07) is 7.42. The van der Waals surface area contributed by atoms with Crippen molar-refractivity contribution >= 4 is 23.5 Å². The zero-order valence-electron chi connectivity index (χ0n) is 22.1. The van der Waals surface area contributed by atoms with Crippen LogP contribution in [0.25, 0.3) is 34.4 Å². The SMILES string of the molecule is O=c1occ(-c2ccc(O)cc2[NH+]([O-])O)c2c1C=CC(=CC=C1C=Cc3c(c(-c4ccc(O)cc4[NH+]([O-])O)coc3=O)O1)O2.